The van der Waals surface area contributed by atoms with Crippen molar-refractivity contribution in [1.82, 2.24) is 10.2 Å². The van der Waals surface area contributed by atoms with E-state index in [9.17, 15) is 4.79 Å². The van der Waals surface area contributed by atoms with Crippen LogP contribution in [0.1, 0.15) is 52.0 Å². The number of allylic oxidation sites excluding steroid dienone is 4. The van der Waals surface area contributed by atoms with Crippen molar-refractivity contribution < 1.29 is 4.79 Å². The smallest absolute Gasteiger partial charge is 0.258 e. The van der Waals surface area contributed by atoms with E-state index in [1.54, 1.807) is 6.08 Å². The van der Waals surface area contributed by atoms with Crippen molar-refractivity contribution in [3.05, 3.63) is 71.5 Å². The van der Waals surface area contributed by atoms with Crippen LogP contribution in [0.4, 0.5) is 11.4 Å². The normalized spacial score (nSPS) is 19.3. The van der Waals surface area contributed by atoms with Gasteiger partial charge in [-0.2, -0.15) is 0 Å². The van der Waals surface area contributed by atoms with Crippen molar-refractivity contribution in [2.24, 2.45) is 4.99 Å². The van der Waals surface area contributed by atoms with Crippen LogP contribution in [-0.4, -0.2) is 49.2 Å². The zero-order valence-electron chi connectivity index (χ0n) is 21.4. The van der Waals surface area contributed by atoms with Gasteiger partial charge in [0.1, 0.15) is 0 Å². The fourth-order valence-corrected chi connectivity index (χ4v) is 4.57. The Kier molecular flexibility index (Phi) is 9.46. The van der Waals surface area contributed by atoms with Gasteiger partial charge < -0.3 is 15.1 Å². The van der Waals surface area contributed by atoms with Gasteiger partial charge in [0.2, 0.25) is 0 Å². The Bertz CT molecular complexity index is 1010. The van der Waals surface area contributed by atoms with E-state index < -0.39 is 0 Å². The molecule has 1 saturated heterocycles. The maximum Gasteiger partial charge on any atom is 0.258 e. The molecular formula is C29H40N4O. The number of aliphatic imine (C=N–C) groups is 1. The predicted molar refractivity (Wildman–Crippen MR) is 145 cm³/mol. The molecule has 182 valence electrons. The molecule has 2 heterocycles. The summed E-state index contributed by atoms with van der Waals surface area (Å²) >= 11 is 0. The molecule has 0 aromatic heterocycles. The number of rotatable bonds is 9. The van der Waals surface area contributed by atoms with Crippen molar-refractivity contribution in [3.8, 4) is 0 Å². The third kappa shape index (κ3) is 6.15. The quantitative estimate of drug-likeness (QED) is 0.371. The molecule has 0 unspecified atom stereocenters. The van der Waals surface area contributed by atoms with Crippen LogP contribution in [0.15, 0.2) is 70.9 Å². The van der Waals surface area contributed by atoms with Crippen LogP contribution in [0.5, 0.6) is 0 Å². The molecule has 0 saturated carbocycles. The summed E-state index contributed by atoms with van der Waals surface area (Å²) in [6.45, 7) is 17.7. The van der Waals surface area contributed by atoms with E-state index in [1.165, 1.54) is 38.0 Å². The third-order valence-electron chi connectivity index (χ3n) is 6.58. The number of amides is 1. The molecule has 0 atom stereocenters. The van der Waals surface area contributed by atoms with Crippen molar-refractivity contribution >= 4 is 23.0 Å². The lowest BCUT2D eigenvalue weighted by atomic mass is 10.0. The first-order chi connectivity index (χ1) is 16.5. The van der Waals surface area contributed by atoms with Gasteiger partial charge in [0.15, 0.2) is 0 Å². The van der Waals surface area contributed by atoms with Crippen LogP contribution >= 0.6 is 0 Å². The van der Waals surface area contributed by atoms with Crippen molar-refractivity contribution in [2.75, 3.05) is 37.6 Å². The topological polar surface area (TPSA) is 47.9 Å². The van der Waals surface area contributed by atoms with Gasteiger partial charge in [0, 0.05) is 36.6 Å². The van der Waals surface area contributed by atoms with E-state index in [4.69, 9.17) is 4.99 Å². The van der Waals surface area contributed by atoms with Crippen LogP contribution in [0.25, 0.3) is 0 Å². The third-order valence-corrected chi connectivity index (χ3v) is 6.58. The molecule has 3 rings (SSSR count). The lowest BCUT2D eigenvalue weighted by Gasteiger charge is -2.24. The van der Waals surface area contributed by atoms with E-state index in [0.717, 1.165) is 47.9 Å². The number of nitrogens with zero attached hydrogens (tertiary/aromatic N) is 3. The predicted octanol–water partition coefficient (Wildman–Crippen LogP) is 5.86. The molecule has 34 heavy (non-hydrogen) atoms. The van der Waals surface area contributed by atoms with Gasteiger partial charge in [-0.15, -0.1) is 0 Å². The zero-order valence-corrected chi connectivity index (χ0v) is 21.4. The zero-order chi connectivity index (χ0) is 24.5. The Morgan fingerprint density at radius 2 is 2.03 bits per heavy atom. The highest BCUT2D eigenvalue weighted by molar-refractivity contribution is 6.25. The molecule has 5 heteroatoms. The Balaban J connectivity index is 1.93. The fraction of sp³-hybridized carbons (Fsp3) is 0.448. The molecule has 1 fully saturated rings. The Morgan fingerprint density at radius 3 is 2.74 bits per heavy atom. The molecule has 2 aliphatic heterocycles. The molecule has 1 N–H and O–H groups in total. The van der Waals surface area contributed by atoms with Gasteiger partial charge in [0.25, 0.3) is 5.91 Å². The van der Waals surface area contributed by atoms with Gasteiger partial charge in [-0.1, -0.05) is 57.2 Å². The Hall–Kier alpha value is -2.92. The van der Waals surface area contributed by atoms with Gasteiger partial charge in [-0.3, -0.25) is 9.79 Å². The number of aryl methyl sites for hydroxylation is 1. The average molecular weight is 461 g/mol. The first kappa shape index (κ1) is 25.7. The summed E-state index contributed by atoms with van der Waals surface area (Å²) in [5, 5.41) is 2.99. The maximum atomic E-state index is 12.9. The molecule has 5 nitrogen and oxygen atoms in total. The molecule has 0 aliphatic carbocycles. The van der Waals surface area contributed by atoms with Gasteiger partial charge in [-0.05, 0) is 63.9 Å². The summed E-state index contributed by atoms with van der Waals surface area (Å²) in [5.74, 6) is -0.0918. The van der Waals surface area contributed by atoms with Crippen LogP contribution in [0.2, 0.25) is 0 Å². The molecule has 2 aliphatic rings. The molecule has 1 aromatic rings. The molecule has 1 aromatic carbocycles. The minimum atomic E-state index is -0.0918. The molecule has 1 amide bonds. The number of hydrogen-bond acceptors (Lipinski definition) is 4. The lowest BCUT2D eigenvalue weighted by Crippen LogP contribution is -2.31. The number of unbranched alkanes of at least 4 members (excludes halogenated alkanes) is 1. The second-order valence-electron chi connectivity index (χ2n) is 8.96. The standard InChI is InChI=1S/C29H40N4O/c1-6-10-13-24-25(8-3)31-29(34)28(24)26(9-4)30-27-21-23(15-14-22(27)5)33-18-12-17-32(19-20-33)16-11-7-2/h6,8,10,13-15,21H,1,7,9,11-12,16-20H2,2-5H3,(H,31,34)/b13-10-,25-8+,30-26?. The molecule has 0 radical (unpaired) electrons. The van der Waals surface area contributed by atoms with Gasteiger partial charge >= 0.3 is 0 Å². The Labute approximate surface area is 205 Å². The highest BCUT2D eigenvalue weighted by Gasteiger charge is 2.28. The van der Waals surface area contributed by atoms with E-state index in [-0.39, 0.29) is 5.91 Å². The first-order valence-corrected chi connectivity index (χ1v) is 12.7. The van der Waals surface area contributed by atoms with Crippen LogP contribution in [-0.2, 0) is 4.79 Å². The molecular weight excluding hydrogens is 420 g/mol. The highest BCUT2D eigenvalue weighted by atomic mass is 16.2. The fourth-order valence-electron chi connectivity index (χ4n) is 4.57. The number of hydrogen-bond donors (Lipinski definition) is 1. The average Bonchev–Trinajstić information content (AvgIpc) is 2.99. The van der Waals surface area contributed by atoms with Crippen molar-refractivity contribution in [2.45, 2.75) is 53.4 Å². The number of nitrogens with one attached hydrogen (secondary N) is 1. The maximum absolute atomic E-state index is 12.9. The first-order valence-electron chi connectivity index (χ1n) is 12.7. The van der Waals surface area contributed by atoms with Crippen molar-refractivity contribution in [1.29, 1.82) is 0 Å². The van der Waals surface area contributed by atoms with Crippen LogP contribution < -0.4 is 10.2 Å². The minimum Gasteiger partial charge on any atom is -0.370 e. The van der Waals surface area contributed by atoms with E-state index in [1.807, 2.05) is 25.2 Å². The molecule has 0 bridgehead atoms. The number of anilines is 1. The number of carbonyl (C=O) groups excluding carboxylic acids is 1. The monoisotopic (exact) mass is 460 g/mol. The van der Waals surface area contributed by atoms with Crippen molar-refractivity contribution in [3.63, 3.8) is 0 Å². The highest BCUT2D eigenvalue weighted by Crippen LogP contribution is 2.30. The van der Waals surface area contributed by atoms with Crippen LogP contribution in [0, 0.1) is 6.92 Å². The summed E-state index contributed by atoms with van der Waals surface area (Å²) < 4.78 is 0. The summed E-state index contributed by atoms with van der Waals surface area (Å²) in [4.78, 5) is 23.0. The summed E-state index contributed by atoms with van der Waals surface area (Å²) in [5.41, 5.74) is 6.41. The SMILES string of the molecule is C=C/C=C\C1=C(C(CC)=Nc2cc(N3CCCN(CCCC)CC3)ccc2C)C(=O)N/C1=C/C. The second kappa shape index (κ2) is 12.5. The lowest BCUT2D eigenvalue weighted by molar-refractivity contribution is -0.115. The van der Waals surface area contributed by atoms with E-state index in [2.05, 4.69) is 60.7 Å². The molecule has 0 spiro atoms. The summed E-state index contributed by atoms with van der Waals surface area (Å²) in [7, 11) is 0. The largest absolute Gasteiger partial charge is 0.370 e. The van der Waals surface area contributed by atoms with Gasteiger partial charge in [0.05, 0.1) is 17.0 Å². The van der Waals surface area contributed by atoms with E-state index >= 15 is 0 Å². The van der Waals surface area contributed by atoms with E-state index in [0.29, 0.717) is 12.0 Å². The van der Waals surface area contributed by atoms with Gasteiger partial charge in [-0.25, -0.2) is 0 Å². The minimum absolute atomic E-state index is 0.0918. The Morgan fingerprint density at radius 1 is 1.21 bits per heavy atom. The number of carbonyl (C=O) groups is 1. The van der Waals surface area contributed by atoms with Crippen LogP contribution in [0.3, 0.4) is 0 Å². The second-order valence-corrected chi connectivity index (χ2v) is 8.96. The summed E-state index contributed by atoms with van der Waals surface area (Å²) in [6, 6.07) is 6.55. The summed E-state index contributed by atoms with van der Waals surface area (Å²) in [6.07, 6.45) is 11.8. The number of benzene rings is 1.